The average Bonchev–Trinajstić information content (AvgIpc) is 3.09. The van der Waals surface area contributed by atoms with Gasteiger partial charge in [0.2, 0.25) is 0 Å². The Bertz CT molecular complexity index is 791. The van der Waals surface area contributed by atoms with Gasteiger partial charge < -0.3 is 5.11 Å². The van der Waals surface area contributed by atoms with Crippen molar-refractivity contribution in [3.63, 3.8) is 0 Å². The van der Waals surface area contributed by atoms with Crippen molar-refractivity contribution in [3.8, 4) is 0 Å². The fourth-order valence-corrected chi connectivity index (χ4v) is 10.2. The number of aliphatic hydroxyl groups is 1. The van der Waals surface area contributed by atoms with Crippen molar-refractivity contribution < 1.29 is 14.7 Å². The van der Waals surface area contributed by atoms with E-state index < -0.39 is 5.60 Å². The van der Waals surface area contributed by atoms with Crippen LogP contribution in [0.15, 0.2) is 0 Å². The number of hydrogen-bond acceptors (Lipinski definition) is 4. The molecule has 0 bridgehead atoms. The summed E-state index contributed by atoms with van der Waals surface area (Å²) in [6, 6.07) is 0.331. The molecule has 11 atom stereocenters. The van der Waals surface area contributed by atoms with Crippen LogP contribution in [-0.2, 0) is 9.59 Å². The Morgan fingerprint density at radius 2 is 1.71 bits per heavy atom. The summed E-state index contributed by atoms with van der Waals surface area (Å²) in [4.78, 5) is 28.0. The lowest BCUT2D eigenvalue weighted by atomic mass is 9.52. The Labute approximate surface area is 187 Å². The van der Waals surface area contributed by atoms with Gasteiger partial charge in [0.05, 0.1) is 5.60 Å². The van der Waals surface area contributed by atoms with E-state index in [9.17, 15) is 14.7 Å². The summed E-state index contributed by atoms with van der Waals surface area (Å²) in [7, 11) is 0. The maximum absolute atomic E-state index is 13.2. The third-order valence-electron chi connectivity index (χ3n) is 11.7. The van der Waals surface area contributed by atoms with E-state index in [1.807, 2.05) is 0 Å². The molecule has 0 aromatic carbocycles. The van der Waals surface area contributed by atoms with E-state index >= 15 is 0 Å². The lowest BCUT2D eigenvalue weighted by Gasteiger charge is -2.59. The monoisotopic (exact) mass is 427 g/mol. The van der Waals surface area contributed by atoms with Crippen molar-refractivity contribution in [2.45, 2.75) is 90.2 Å². The summed E-state index contributed by atoms with van der Waals surface area (Å²) in [5.74, 6) is 4.81. The van der Waals surface area contributed by atoms with Crippen molar-refractivity contribution in [1.29, 1.82) is 0 Å². The first-order valence-corrected chi connectivity index (χ1v) is 13.2. The first-order chi connectivity index (χ1) is 14.7. The second-order valence-electron chi connectivity index (χ2n) is 13.0. The molecule has 2 heterocycles. The maximum Gasteiger partial charge on any atom is 0.137 e. The Balaban J connectivity index is 1.31. The standard InChI is InChI=1S/C27H41NO3/c1-15-4-7-25-27(3,31)21-6-5-17-18(20(21)14-28(25)13-15)11-22-19(17)12-24(30)23-10-16(29)8-9-26(22,23)2/h15,17-23,25,31H,4-14H2,1-3H3/t15-,17-,18-,19-,20+,21+,22+,23-,25+,26-,27+/m1/s1. The minimum atomic E-state index is -0.582. The number of rotatable bonds is 0. The predicted molar refractivity (Wildman–Crippen MR) is 119 cm³/mol. The van der Waals surface area contributed by atoms with E-state index in [1.165, 1.54) is 19.3 Å². The lowest BCUT2D eigenvalue weighted by Crippen LogP contribution is -2.67. The highest BCUT2D eigenvalue weighted by molar-refractivity contribution is 5.90. The summed E-state index contributed by atoms with van der Waals surface area (Å²) in [5, 5.41) is 11.8. The third-order valence-corrected chi connectivity index (χ3v) is 11.7. The molecule has 4 nitrogen and oxygen atoms in total. The maximum atomic E-state index is 13.2. The van der Waals surface area contributed by atoms with Crippen molar-refractivity contribution in [3.05, 3.63) is 0 Å². The predicted octanol–water partition coefficient (Wildman–Crippen LogP) is 4.09. The zero-order chi connectivity index (χ0) is 21.7. The van der Waals surface area contributed by atoms with Crippen molar-refractivity contribution in [2.75, 3.05) is 13.1 Å². The van der Waals surface area contributed by atoms with Gasteiger partial charge in [0, 0.05) is 44.3 Å². The number of carbonyl (C=O) groups is 2. The summed E-state index contributed by atoms with van der Waals surface area (Å²) in [6.45, 7) is 9.15. The minimum Gasteiger partial charge on any atom is -0.388 e. The molecule has 4 heteroatoms. The van der Waals surface area contributed by atoms with E-state index in [0.29, 0.717) is 66.0 Å². The molecule has 172 valence electrons. The van der Waals surface area contributed by atoms with Gasteiger partial charge >= 0.3 is 0 Å². The van der Waals surface area contributed by atoms with Crippen molar-refractivity contribution >= 4 is 11.6 Å². The van der Waals surface area contributed by atoms with Crippen LogP contribution in [0.1, 0.15) is 78.6 Å². The Hall–Kier alpha value is -0.740. The van der Waals surface area contributed by atoms with Crippen LogP contribution in [0.3, 0.4) is 0 Å². The number of Topliss-reactive ketones (excluding diaryl/α,β-unsaturated/α-hetero) is 2. The number of piperidine rings is 2. The van der Waals surface area contributed by atoms with Crippen LogP contribution < -0.4 is 0 Å². The fraction of sp³-hybridized carbons (Fsp3) is 0.926. The third kappa shape index (κ3) is 2.86. The molecule has 0 spiro atoms. The zero-order valence-electron chi connectivity index (χ0n) is 19.7. The minimum absolute atomic E-state index is 0.0206. The molecule has 0 aromatic heterocycles. The molecule has 6 fully saturated rings. The van der Waals surface area contributed by atoms with Crippen LogP contribution in [0, 0.1) is 52.8 Å². The molecule has 6 aliphatic rings. The van der Waals surface area contributed by atoms with Crippen LogP contribution in [0.2, 0.25) is 0 Å². The number of fused-ring (bicyclic) bond motifs is 8. The number of carbonyl (C=O) groups excluding carboxylic acids is 2. The van der Waals surface area contributed by atoms with Gasteiger partial charge in [-0.2, -0.15) is 0 Å². The van der Waals surface area contributed by atoms with Crippen LogP contribution in [-0.4, -0.2) is 46.3 Å². The largest absolute Gasteiger partial charge is 0.388 e. The normalized spacial score (nSPS) is 56.8. The topological polar surface area (TPSA) is 57.6 Å². The van der Waals surface area contributed by atoms with Crippen LogP contribution in [0.5, 0.6) is 0 Å². The quantitative estimate of drug-likeness (QED) is 0.632. The highest BCUT2D eigenvalue weighted by atomic mass is 16.3. The zero-order valence-corrected chi connectivity index (χ0v) is 19.7. The van der Waals surface area contributed by atoms with E-state index in [0.717, 1.165) is 44.7 Å². The molecular weight excluding hydrogens is 386 g/mol. The highest BCUT2D eigenvalue weighted by Crippen LogP contribution is 2.66. The molecular formula is C27H41NO3. The van der Waals surface area contributed by atoms with Gasteiger partial charge in [-0.25, -0.2) is 0 Å². The molecule has 0 radical (unpaired) electrons. The summed E-state index contributed by atoms with van der Waals surface area (Å²) >= 11 is 0. The lowest BCUT2D eigenvalue weighted by molar-refractivity contribution is -0.175. The van der Waals surface area contributed by atoms with Gasteiger partial charge in [-0.3, -0.25) is 14.5 Å². The van der Waals surface area contributed by atoms with Crippen molar-refractivity contribution in [2.24, 2.45) is 52.8 Å². The van der Waals surface area contributed by atoms with E-state index in [1.54, 1.807) is 0 Å². The van der Waals surface area contributed by atoms with Crippen molar-refractivity contribution in [1.82, 2.24) is 4.90 Å². The van der Waals surface area contributed by atoms with E-state index in [4.69, 9.17) is 0 Å². The molecule has 31 heavy (non-hydrogen) atoms. The molecule has 6 rings (SSSR count). The van der Waals surface area contributed by atoms with Crippen LogP contribution >= 0.6 is 0 Å². The van der Waals surface area contributed by atoms with Gasteiger partial charge in [0.25, 0.3) is 0 Å². The SMILES string of the molecule is C[C@@H]1CC[C@@H]2N(C1)C[C@H]1[C@@H]3C[C@H]4[C@H](CC(=O)[C@H]5CC(=O)CC[C@@]54C)[C@@H]3CC[C@@H]1[C@]2(C)O. The van der Waals surface area contributed by atoms with E-state index in [2.05, 4.69) is 25.7 Å². The van der Waals surface area contributed by atoms with Gasteiger partial charge in [-0.05, 0) is 92.3 Å². The molecule has 2 saturated heterocycles. The van der Waals surface area contributed by atoms with Gasteiger partial charge in [-0.1, -0.05) is 13.8 Å². The van der Waals surface area contributed by atoms with Gasteiger partial charge in [-0.15, -0.1) is 0 Å². The Morgan fingerprint density at radius 3 is 2.52 bits per heavy atom. The van der Waals surface area contributed by atoms with Crippen LogP contribution in [0.25, 0.3) is 0 Å². The van der Waals surface area contributed by atoms with Crippen LogP contribution in [0.4, 0.5) is 0 Å². The molecule has 0 aromatic rings. The number of nitrogens with zero attached hydrogens (tertiary/aromatic N) is 1. The molecule has 4 aliphatic carbocycles. The average molecular weight is 428 g/mol. The smallest absolute Gasteiger partial charge is 0.137 e. The number of ketones is 2. The Kier molecular flexibility index (Phi) is 4.63. The summed E-state index contributed by atoms with van der Waals surface area (Å²) in [5.41, 5.74) is -0.554. The second kappa shape index (κ2) is 6.88. The first kappa shape index (κ1) is 20.8. The molecule has 0 unspecified atom stereocenters. The van der Waals surface area contributed by atoms with Gasteiger partial charge in [0.1, 0.15) is 11.6 Å². The molecule has 2 aliphatic heterocycles. The Morgan fingerprint density at radius 1 is 0.903 bits per heavy atom. The highest BCUT2D eigenvalue weighted by Gasteiger charge is 2.64. The first-order valence-electron chi connectivity index (χ1n) is 13.2. The molecule has 1 N–H and O–H groups in total. The molecule has 4 saturated carbocycles. The summed E-state index contributed by atoms with van der Waals surface area (Å²) in [6.07, 6.45) is 8.75. The second-order valence-corrected chi connectivity index (χ2v) is 13.0. The fourth-order valence-electron chi connectivity index (χ4n) is 10.2. The van der Waals surface area contributed by atoms with E-state index in [-0.39, 0.29) is 11.3 Å². The summed E-state index contributed by atoms with van der Waals surface area (Å²) < 4.78 is 0. The van der Waals surface area contributed by atoms with Gasteiger partial charge in [0.15, 0.2) is 0 Å². The molecule has 0 amide bonds. The number of hydrogen-bond donors (Lipinski definition) is 1.